The summed E-state index contributed by atoms with van der Waals surface area (Å²) in [6.45, 7) is 3.48. The quantitative estimate of drug-likeness (QED) is 0.622. The van der Waals surface area contributed by atoms with Crippen LogP contribution in [0, 0.1) is 0 Å². The molecular weight excluding hydrogens is 256 g/mol. The highest BCUT2D eigenvalue weighted by Gasteiger charge is 2.10. The van der Waals surface area contributed by atoms with E-state index in [0.717, 1.165) is 5.56 Å². The molecule has 0 saturated heterocycles. The molecule has 17 heavy (non-hydrogen) atoms. The maximum Gasteiger partial charge on any atom is 0.277 e. The van der Waals surface area contributed by atoms with Gasteiger partial charge in [0.2, 0.25) is 5.89 Å². The molecule has 0 aliphatic carbocycles. The van der Waals surface area contributed by atoms with E-state index in [1.165, 1.54) is 11.8 Å². The molecule has 86 valence electrons. The van der Waals surface area contributed by atoms with Gasteiger partial charge in [0.05, 0.1) is 10.6 Å². The van der Waals surface area contributed by atoms with Crippen molar-refractivity contribution in [3.05, 3.63) is 47.7 Å². The van der Waals surface area contributed by atoms with Gasteiger partial charge in [-0.15, -0.1) is 15.9 Å². The summed E-state index contributed by atoms with van der Waals surface area (Å²) < 4.78 is 5.49. The third-order valence-electron chi connectivity index (χ3n) is 1.95. The molecule has 1 aromatic heterocycles. The summed E-state index contributed by atoms with van der Waals surface area (Å²) in [6, 6.07) is 7.35. The largest absolute Gasteiger partial charge is 0.411 e. The van der Waals surface area contributed by atoms with Gasteiger partial charge in [-0.05, 0) is 18.2 Å². The van der Waals surface area contributed by atoms with Gasteiger partial charge in [0.1, 0.15) is 0 Å². The van der Waals surface area contributed by atoms with Crippen LogP contribution in [0.25, 0.3) is 11.5 Å². The Morgan fingerprint density at radius 3 is 3.00 bits per heavy atom. The number of benzene rings is 1. The molecule has 0 spiro atoms. The van der Waals surface area contributed by atoms with Crippen LogP contribution in [0.5, 0.6) is 0 Å². The molecule has 1 aromatic carbocycles. The highest BCUT2D eigenvalue weighted by molar-refractivity contribution is 7.99. The minimum atomic E-state index is 0.431. The molecular formula is C12H9ClN2OS. The van der Waals surface area contributed by atoms with E-state index in [1.807, 2.05) is 18.2 Å². The molecule has 2 rings (SSSR count). The Bertz CT molecular complexity index is 561. The Hall–Kier alpha value is -1.48. The van der Waals surface area contributed by atoms with Crippen LogP contribution in [0.4, 0.5) is 0 Å². The van der Waals surface area contributed by atoms with Gasteiger partial charge < -0.3 is 4.42 Å². The van der Waals surface area contributed by atoms with Crippen molar-refractivity contribution in [1.29, 1.82) is 0 Å². The highest BCUT2D eigenvalue weighted by Crippen LogP contribution is 2.28. The zero-order valence-electron chi connectivity index (χ0n) is 8.89. The van der Waals surface area contributed by atoms with Crippen LogP contribution in [0.2, 0.25) is 5.02 Å². The number of thioether (sulfide) groups is 1. The summed E-state index contributed by atoms with van der Waals surface area (Å²) in [6.07, 6.45) is 1.80. The maximum absolute atomic E-state index is 6.04. The second kappa shape index (κ2) is 5.73. The molecule has 0 fully saturated rings. The van der Waals surface area contributed by atoms with E-state index in [4.69, 9.17) is 16.0 Å². The molecule has 0 unspecified atom stereocenters. The summed E-state index contributed by atoms with van der Waals surface area (Å²) in [5.41, 5.74) is 3.42. The minimum absolute atomic E-state index is 0.431. The van der Waals surface area contributed by atoms with Crippen LogP contribution in [-0.2, 0) is 0 Å². The summed E-state index contributed by atoms with van der Waals surface area (Å²) in [5.74, 6) is 1.13. The Kier molecular flexibility index (Phi) is 4.04. The Morgan fingerprint density at radius 2 is 2.24 bits per heavy atom. The third-order valence-corrected chi connectivity index (χ3v) is 3.02. The van der Waals surface area contributed by atoms with Crippen molar-refractivity contribution >= 4 is 23.4 Å². The van der Waals surface area contributed by atoms with Crippen molar-refractivity contribution in [3.63, 3.8) is 0 Å². The van der Waals surface area contributed by atoms with Gasteiger partial charge in [0.15, 0.2) is 0 Å². The Balaban J connectivity index is 2.18. The van der Waals surface area contributed by atoms with Crippen LogP contribution < -0.4 is 0 Å². The topological polar surface area (TPSA) is 38.9 Å². The second-order valence-electron chi connectivity index (χ2n) is 3.07. The molecule has 2 aromatic rings. The van der Waals surface area contributed by atoms with Crippen LogP contribution in [-0.4, -0.2) is 16.0 Å². The van der Waals surface area contributed by atoms with Gasteiger partial charge in [-0.3, -0.25) is 0 Å². The van der Waals surface area contributed by atoms with Crippen molar-refractivity contribution in [2.24, 2.45) is 0 Å². The van der Waals surface area contributed by atoms with E-state index < -0.39 is 0 Å². The first-order chi connectivity index (χ1) is 8.31. The fraction of sp³-hybridized carbons (Fsp3) is 0.0833. The lowest BCUT2D eigenvalue weighted by molar-refractivity contribution is 0.466. The summed E-state index contributed by atoms with van der Waals surface area (Å²) in [7, 11) is 0. The lowest BCUT2D eigenvalue weighted by atomic mass is 10.2. The molecule has 0 bridgehead atoms. The zero-order chi connectivity index (χ0) is 12.1. The third kappa shape index (κ3) is 3.01. The van der Waals surface area contributed by atoms with Crippen LogP contribution in [0.3, 0.4) is 0 Å². The summed E-state index contributed by atoms with van der Waals surface area (Å²) in [4.78, 5) is 0. The second-order valence-corrected chi connectivity index (χ2v) is 4.45. The van der Waals surface area contributed by atoms with Crippen LogP contribution in [0.1, 0.15) is 0 Å². The number of nitrogens with zero attached hydrogens (tertiary/aromatic N) is 2. The molecule has 0 atom stereocenters. The Morgan fingerprint density at radius 1 is 1.41 bits per heavy atom. The predicted molar refractivity (Wildman–Crippen MR) is 69.2 cm³/mol. The van der Waals surface area contributed by atoms with E-state index >= 15 is 0 Å². The lowest BCUT2D eigenvalue weighted by Gasteiger charge is -1.96. The maximum atomic E-state index is 6.04. The van der Waals surface area contributed by atoms with Crippen molar-refractivity contribution in [2.45, 2.75) is 5.22 Å². The molecule has 0 saturated carbocycles. The Labute approximate surface area is 108 Å². The van der Waals surface area contributed by atoms with Gasteiger partial charge in [-0.2, -0.15) is 0 Å². The van der Waals surface area contributed by atoms with Gasteiger partial charge in [-0.25, -0.2) is 0 Å². The van der Waals surface area contributed by atoms with Gasteiger partial charge in [0, 0.05) is 5.75 Å². The fourth-order valence-electron chi connectivity index (χ4n) is 1.18. The molecule has 3 nitrogen and oxygen atoms in total. The van der Waals surface area contributed by atoms with Crippen LogP contribution >= 0.6 is 23.4 Å². The number of aromatic nitrogens is 2. The molecule has 0 amide bonds. The lowest BCUT2D eigenvalue weighted by Crippen LogP contribution is -1.78. The highest BCUT2D eigenvalue weighted by atomic mass is 35.5. The number of halogens is 1. The molecule has 0 radical (unpaired) electrons. The average Bonchev–Trinajstić information content (AvgIpc) is 2.79. The molecule has 1 heterocycles. The first-order valence-electron chi connectivity index (χ1n) is 4.87. The van der Waals surface area contributed by atoms with Gasteiger partial charge >= 0.3 is 0 Å². The van der Waals surface area contributed by atoms with Crippen molar-refractivity contribution in [1.82, 2.24) is 10.2 Å². The smallest absolute Gasteiger partial charge is 0.277 e. The summed E-state index contributed by atoms with van der Waals surface area (Å²) >= 11 is 7.46. The predicted octanol–water partition coefficient (Wildman–Crippen LogP) is 3.82. The van der Waals surface area contributed by atoms with E-state index in [0.29, 0.717) is 21.9 Å². The molecule has 0 N–H and O–H groups in total. The number of hydrogen-bond donors (Lipinski definition) is 0. The molecule has 0 aliphatic heterocycles. The average molecular weight is 265 g/mol. The number of hydrogen-bond acceptors (Lipinski definition) is 4. The monoisotopic (exact) mass is 264 g/mol. The number of rotatable bonds is 4. The first-order valence-corrected chi connectivity index (χ1v) is 6.23. The van der Waals surface area contributed by atoms with E-state index in [1.54, 1.807) is 12.1 Å². The van der Waals surface area contributed by atoms with Crippen molar-refractivity contribution < 1.29 is 4.42 Å². The van der Waals surface area contributed by atoms with Crippen molar-refractivity contribution in [3.8, 4) is 11.5 Å². The zero-order valence-corrected chi connectivity index (χ0v) is 10.5. The van der Waals surface area contributed by atoms with Gasteiger partial charge in [-0.1, -0.05) is 42.1 Å². The van der Waals surface area contributed by atoms with E-state index in [2.05, 4.69) is 22.5 Å². The standard InChI is InChI=1S/C12H9ClN2OS/c1-2-3-8-17-12-15-14-11(16-12)9-6-4-5-7-10(9)13/h3-7H,1,8H2. The van der Waals surface area contributed by atoms with Gasteiger partial charge in [0.25, 0.3) is 5.22 Å². The van der Waals surface area contributed by atoms with Crippen molar-refractivity contribution in [2.75, 3.05) is 5.75 Å². The normalized spacial score (nSPS) is 9.94. The molecule has 5 heteroatoms. The summed E-state index contributed by atoms with van der Waals surface area (Å²) in [5, 5.41) is 8.98. The molecule has 0 aliphatic rings. The first kappa shape index (κ1) is 12.0. The SMILES string of the molecule is C=C=CCSc1nnc(-c2ccccc2Cl)o1. The fourth-order valence-corrected chi connectivity index (χ4v) is 1.98. The minimum Gasteiger partial charge on any atom is -0.411 e. The van der Waals surface area contributed by atoms with E-state index in [-0.39, 0.29) is 0 Å². The van der Waals surface area contributed by atoms with Crippen LogP contribution in [0.15, 0.2) is 52.3 Å². The van der Waals surface area contributed by atoms with E-state index in [9.17, 15) is 0 Å².